The number of nitrogens with one attached hydrogen (secondary N) is 2. The number of hydrogen-bond acceptors (Lipinski definition) is 4. The van der Waals surface area contributed by atoms with Gasteiger partial charge in [-0.1, -0.05) is 29.5 Å². The molecule has 0 spiro atoms. The Labute approximate surface area is 209 Å². The van der Waals surface area contributed by atoms with Gasteiger partial charge in [0.2, 0.25) is 0 Å². The molecule has 1 aromatic heterocycles. The van der Waals surface area contributed by atoms with Crippen molar-refractivity contribution in [2.75, 3.05) is 5.32 Å². The molecule has 2 aromatic carbocycles. The molecular formula is C24H17Cl2F3N4O2. The molecule has 4 N–H and O–H groups in total. The van der Waals surface area contributed by atoms with Crippen molar-refractivity contribution >= 4 is 47.4 Å². The summed E-state index contributed by atoms with van der Waals surface area (Å²) in [4.78, 5) is 28.7. The number of ketones is 1. The summed E-state index contributed by atoms with van der Waals surface area (Å²) < 4.78 is 39.9. The third kappa shape index (κ3) is 7.57. The van der Waals surface area contributed by atoms with Gasteiger partial charge in [0, 0.05) is 22.9 Å². The number of hydrogen-bond donors (Lipinski definition) is 3. The lowest BCUT2D eigenvalue weighted by Crippen LogP contribution is -2.16. The zero-order valence-electron chi connectivity index (χ0n) is 17.7. The Bertz CT molecular complexity index is 1330. The molecule has 3 rings (SSSR count). The zero-order valence-corrected chi connectivity index (χ0v) is 19.3. The predicted octanol–water partition coefficient (Wildman–Crippen LogP) is 5.34. The Balaban J connectivity index is 0.00000432. The van der Waals surface area contributed by atoms with Gasteiger partial charge in [-0.15, -0.1) is 12.4 Å². The summed E-state index contributed by atoms with van der Waals surface area (Å²) in [6.45, 7) is 0. The van der Waals surface area contributed by atoms with E-state index in [-0.39, 0.29) is 34.1 Å². The molecule has 11 heteroatoms. The first-order valence-electron chi connectivity index (χ1n) is 9.65. The summed E-state index contributed by atoms with van der Waals surface area (Å²) in [5.41, 5.74) is 4.21. The number of carbonyl (C=O) groups excluding carboxylic acids is 2. The molecule has 180 valence electrons. The SMILES string of the molecule is Cl.N=C(N)CC(=O)c1cc(C#Cc2ccc(Cl)c(C(=O)Nc3ccccn3)c2)cc(C(F)(F)F)c1. The van der Waals surface area contributed by atoms with Crippen LogP contribution in [0.1, 0.15) is 43.8 Å². The van der Waals surface area contributed by atoms with Crippen LogP contribution in [0.3, 0.4) is 0 Å². The van der Waals surface area contributed by atoms with Crippen molar-refractivity contribution in [1.29, 1.82) is 5.41 Å². The number of nitrogens with two attached hydrogens (primary N) is 1. The van der Waals surface area contributed by atoms with E-state index in [0.717, 1.165) is 6.07 Å². The van der Waals surface area contributed by atoms with E-state index in [1.165, 1.54) is 30.5 Å². The van der Waals surface area contributed by atoms with E-state index >= 15 is 0 Å². The van der Waals surface area contributed by atoms with Crippen LogP contribution in [-0.2, 0) is 6.18 Å². The number of carbonyl (C=O) groups is 2. The Morgan fingerprint density at radius 3 is 2.40 bits per heavy atom. The van der Waals surface area contributed by atoms with E-state index in [1.54, 1.807) is 18.2 Å². The summed E-state index contributed by atoms with van der Waals surface area (Å²) >= 11 is 6.12. The first kappa shape index (κ1) is 27.4. The van der Waals surface area contributed by atoms with E-state index in [9.17, 15) is 22.8 Å². The topological polar surface area (TPSA) is 109 Å². The fourth-order valence-corrected chi connectivity index (χ4v) is 3.04. The van der Waals surface area contributed by atoms with Crippen LogP contribution in [0.5, 0.6) is 0 Å². The number of Topliss-reactive ketones (excluding diaryl/α,β-unsaturated/α-hetero) is 1. The van der Waals surface area contributed by atoms with Crippen LogP contribution in [0.2, 0.25) is 5.02 Å². The van der Waals surface area contributed by atoms with Crippen molar-refractivity contribution in [3.63, 3.8) is 0 Å². The molecule has 0 aliphatic carbocycles. The first-order valence-corrected chi connectivity index (χ1v) is 10.0. The lowest BCUT2D eigenvalue weighted by atomic mass is 10.0. The number of nitrogens with zero attached hydrogens (tertiary/aromatic N) is 1. The Morgan fingerprint density at radius 1 is 1.06 bits per heavy atom. The van der Waals surface area contributed by atoms with Crippen molar-refractivity contribution < 1.29 is 22.8 Å². The van der Waals surface area contributed by atoms with Gasteiger partial charge in [-0.2, -0.15) is 13.2 Å². The molecule has 0 aliphatic rings. The van der Waals surface area contributed by atoms with E-state index in [4.69, 9.17) is 22.7 Å². The number of amides is 1. The molecule has 0 radical (unpaired) electrons. The maximum atomic E-state index is 13.3. The van der Waals surface area contributed by atoms with Gasteiger partial charge in [0.15, 0.2) is 5.78 Å². The van der Waals surface area contributed by atoms with Gasteiger partial charge >= 0.3 is 6.18 Å². The number of rotatable bonds is 5. The average molecular weight is 521 g/mol. The average Bonchev–Trinajstić information content (AvgIpc) is 2.78. The third-order valence-electron chi connectivity index (χ3n) is 4.40. The predicted molar refractivity (Wildman–Crippen MR) is 129 cm³/mol. The molecule has 0 unspecified atom stereocenters. The highest BCUT2D eigenvalue weighted by atomic mass is 35.5. The van der Waals surface area contributed by atoms with Crippen molar-refractivity contribution in [3.05, 3.63) is 93.6 Å². The van der Waals surface area contributed by atoms with Crippen LogP contribution in [0, 0.1) is 17.3 Å². The van der Waals surface area contributed by atoms with Gasteiger partial charge in [0.05, 0.1) is 28.4 Å². The first-order chi connectivity index (χ1) is 16.0. The van der Waals surface area contributed by atoms with Gasteiger partial charge in [0.1, 0.15) is 5.82 Å². The number of pyridine rings is 1. The van der Waals surface area contributed by atoms with Crippen LogP contribution in [0.25, 0.3) is 0 Å². The second-order valence-electron chi connectivity index (χ2n) is 7.04. The maximum Gasteiger partial charge on any atom is 0.416 e. The van der Waals surface area contributed by atoms with E-state index in [1.807, 2.05) is 0 Å². The second-order valence-corrected chi connectivity index (χ2v) is 7.44. The Hall–Kier alpha value is -3.87. The van der Waals surface area contributed by atoms with Gasteiger partial charge in [-0.3, -0.25) is 15.0 Å². The van der Waals surface area contributed by atoms with Gasteiger partial charge in [0.25, 0.3) is 5.91 Å². The number of anilines is 1. The third-order valence-corrected chi connectivity index (χ3v) is 4.73. The minimum atomic E-state index is -4.71. The summed E-state index contributed by atoms with van der Waals surface area (Å²) in [6, 6.07) is 12.0. The van der Waals surface area contributed by atoms with Crippen LogP contribution >= 0.6 is 24.0 Å². The second kappa shape index (κ2) is 11.5. The lowest BCUT2D eigenvalue weighted by Gasteiger charge is -2.09. The smallest absolute Gasteiger partial charge is 0.387 e. The molecule has 35 heavy (non-hydrogen) atoms. The molecule has 3 aromatic rings. The molecule has 1 amide bonds. The lowest BCUT2D eigenvalue weighted by molar-refractivity contribution is -0.137. The number of amidine groups is 1. The monoisotopic (exact) mass is 520 g/mol. The minimum Gasteiger partial charge on any atom is -0.387 e. The van der Waals surface area contributed by atoms with E-state index in [0.29, 0.717) is 17.4 Å². The largest absolute Gasteiger partial charge is 0.416 e. The molecule has 1 heterocycles. The van der Waals surface area contributed by atoms with Crippen LogP contribution < -0.4 is 11.1 Å². The quantitative estimate of drug-likeness (QED) is 0.182. The molecule has 0 atom stereocenters. The summed E-state index contributed by atoms with van der Waals surface area (Å²) in [5.74, 6) is 3.84. The highest BCUT2D eigenvalue weighted by Gasteiger charge is 2.31. The summed E-state index contributed by atoms with van der Waals surface area (Å²) in [7, 11) is 0. The molecule has 0 saturated heterocycles. The molecule has 0 fully saturated rings. The van der Waals surface area contributed by atoms with Crippen molar-refractivity contribution in [1.82, 2.24) is 4.98 Å². The maximum absolute atomic E-state index is 13.3. The normalized spacial score (nSPS) is 10.4. The van der Waals surface area contributed by atoms with E-state index < -0.39 is 35.7 Å². The Morgan fingerprint density at radius 2 is 1.77 bits per heavy atom. The molecular weight excluding hydrogens is 504 g/mol. The van der Waals surface area contributed by atoms with Crippen LogP contribution in [0.15, 0.2) is 60.8 Å². The van der Waals surface area contributed by atoms with Gasteiger partial charge in [-0.25, -0.2) is 4.98 Å². The van der Waals surface area contributed by atoms with Crippen molar-refractivity contribution in [3.8, 4) is 11.8 Å². The summed E-state index contributed by atoms with van der Waals surface area (Å²) in [6.07, 6.45) is -3.72. The summed E-state index contributed by atoms with van der Waals surface area (Å²) in [5, 5.41) is 9.93. The standard InChI is InChI=1S/C24H16ClF3N4O2.ClH/c25-19-7-6-14(11-18(19)23(34)32-22-3-1-2-8-31-22)4-5-15-9-16(20(33)13-21(29)30)12-17(10-15)24(26,27)28;/h1-3,6-12H,13H2,(H3,29,30)(H,31,32,34);1H. The fraction of sp³-hybridized carbons (Fsp3) is 0.0833. The number of alkyl halides is 3. The highest BCUT2D eigenvalue weighted by Crippen LogP contribution is 2.31. The highest BCUT2D eigenvalue weighted by molar-refractivity contribution is 6.34. The molecule has 0 bridgehead atoms. The number of benzene rings is 2. The number of aromatic nitrogens is 1. The van der Waals surface area contributed by atoms with Crippen LogP contribution in [0.4, 0.5) is 19.0 Å². The van der Waals surface area contributed by atoms with Crippen molar-refractivity contribution in [2.45, 2.75) is 12.6 Å². The van der Waals surface area contributed by atoms with E-state index in [2.05, 4.69) is 22.1 Å². The Kier molecular flexibility index (Phi) is 9.00. The van der Waals surface area contributed by atoms with Gasteiger partial charge in [-0.05, 0) is 48.5 Å². The zero-order chi connectivity index (χ0) is 24.9. The molecule has 6 nitrogen and oxygen atoms in total. The minimum absolute atomic E-state index is 0. The van der Waals surface area contributed by atoms with Gasteiger partial charge < -0.3 is 11.1 Å². The molecule has 0 aliphatic heterocycles. The molecule has 0 saturated carbocycles. The number of halogens is 5. The fourth-order valence-electron chi connectivity index (χ4n) is 2.84. The van der Waals surface area contributed by atoms with Crippen LogP contribution in [-0.4, -0.2) is 22.5 Å². The van der Waals surface area contributed by atoms with Crippen molar-refractivity contribution in [2.24, 2.45) is 5.73 Å².